The Labute approximate surface area is 205 Å². The first-order valence-corrected chi connectivity index (χ1v) is 11.4. The van der Waals surface area contributed by atoms with Crippen molar-refractivity contribution in [1.29, 1.82) is 0 Å². The average Bonchev–Trinajstić information content (AvgIpc) is 3.21. The molecule has 0 saturated carbocycles. The number of hydrogen-bond donors (Lipinski definition) is 2. The maximum Gasteiger partial charge on any atom is 0.416 e. The molecule has 1 saturated heterocycles. The highest BCUT2D eigenvalue weighted by atomic mass is 19.4. The summed E-state index contributed by atoms with van der Waals surface area (Å²) >= 11 is 0. The van der Waals surface area contributed by atoms with Crippen LogP contribution in [0.5, 0.6) is 5.75 Å². The zero-order valence-corrected chi connectivity index (χ0v) is 20.3. The quantitative estimate of drug-likeness (QED) is 0.529. The topological polar surface area (TPSA) is 101 Å². The third-order valence-electron chi connectivity index (χ3n) is 6.07. The number of amides is 1. The second-order valence-electron chi connectivity index (χ2n) is 9.01. The number of carbonyl (C=O) groups is 1. The van der Waals surface area contributed by atoms with E-state index in [0.29, 0.717) is 23.4 Å². The standard InChI is InChI=1S/C24H27F3N6O3/c1-13(15-7-16(24(25,26)27)9-17(8-15)31-14(2)34)30-21-19-10-20(36-18-5-6-32(3)11-18)23(35)33(4)22(19)29-12-28-21/h7-10,12-13,18H,5-6,11H2,1-4H3,(H,31,34)(H,28,29,30)/t13-,18+/m1/s1. The highest BCUT2D eigenvalue weighted by molar-refractivity contribution is 5.89. The Morgan fingerprint density at radius 3 is 2.58 bits per heavy atom. The Bertz CT molecular complexity index is 1360. The zero-order valence-electron chi connectivity index (χ0n) is 20.3. The molecule has 36 heavy (non-hydrogen) atoms. The number of likely N-dealkylation sites (N-methyl/N-ethyl adjacent to an activating group) is 1. The summed E-state index contributed by atoms with van der Waals surface area (Å²) in [6.07, 6.45) is -2.66. The largest absolute Gasteiger partial charge is 0.483 e. The summed E-state index contributed by atoms with van der Waals surface area (Å²) in [6, 6.07) is 4.31. The first kappa shape index (κ1) is 25.4. The number of benzene rings is 1. The van der Waals surface area contributed by atoms with Crippen LogP contribution in [0.4, 0.5) is 24.7 Å². The molecule has 2 N–H and O–H groups in total. The summed E-state index contributed by atoms with van der Waals surface area (Å²) in [5.74, 6) is 0.00220. The van der Waals surface area contributed by atoms with E-state index in [1.54, 1.807) is 20.0 Å². The van der Waals surface area contributed by atoms with E-state index in [-0.39, 0.29) is 28.7 Å². The van der Waals surface area contributed by atoms with Crippen LogP contribution in [0.3, 0.4) is 0 Å². The molecule has 4 rings (SSSR count). The number of rotatable bonds is 6. The van der Waals surface area contributed by atoms with E-state index in [4.69, 9.17) is 4.74 Å². The van der Waals surface area contributed by atoms with Crippen LogP contribution in [0.25, 0.3) is 11.0 Å². The molecule has 3 aromatic rings. The van der Waals surface area contributed by atoms with Crippen molar-refractivity contribution in [2.75, 3.05) is 30.8 Å². The summed E-state index contributed by atoms with van der Waals surface area (Å²) in [7, 11) is 3.55. The molecule has 0 spiro atoms. The summed E-state index contributed by atoms with van der Waals surface area (Å²) in [6.45, 7) is 4.46. The Kier molecular flexibility index (Phi) is 6.90. The van der Waals surface area contributed by atoms with Gasteiger partial charge >= 0.3 is 6.18 Å². The van der Waals surface area contributed by atoms with Gasteiger partial charge in [-0.3, -0.25) is 14.2 Å². The molecule has 9 nitrogen and oxygen atoms in total. The lowest BCUT2D eigenvalue weighted by Crippen LogP contribution is -2.27. The predicted molar refractivity (Wildman–Crippen MR) is 129 cm³/mol. The number of hydrogen-bond acceptors (Lipinski definition) is 7. The van der Waals surface area contributed by atoms with E-state index in [2.05, 4.69) is 25.5 Å². The zero-order chi connectivity index (χ0) is 26.2. The minimum absolute atomic E-state index is 0.0353. The Balaban J connectivity index is 1.70. The second kappa shape index (κ2) is 9.76. The molecule has 0 bridgehead atoms. The lowest BCUT2D eigenvalue weighted by atomic mass is 10.0. The Morgan fingerprint density at radius 1 is 1.19 bits per heavy atom. The number of ether oxygens (including phenoxy) is 1. The van der Waals surface area contributed by atoms with E-state index < -0.39 is 23.7 Å². The van der Waals surface area contributed by atoms with Gasteiger partial charge in [-0.2, -0.15) is 13.2 Å². The molecule has 1 fully saturated rings. The number of carbonyl (C=O) groups excluding carboxylic acids is 1. The van der Waals surface area contributed by atoms with Crippen molar-refractivity contribution < 1.29 is 22.7 Å². The van der Waals surface area contributed by atoms with Crippen LogP contribution in [-0.2, 0) is 18.0 Å². The molecule has 12 heteroatoms. The molecule has 1 amide bonds. The van der Waals surface area contributed by atoms with Crippen LogP contribution in [0.2, 0.25) is 0 Å². The first-order valence-electron chi connectivity index (χ1n) is 11.4. The molecule has 0 radical (unpaired) electrons. The summed E-state index contributed by atoms with van der Waals surface area (Å²) in [5.41, 5.74) is -0.551. The normalized spacial score (nSPS) is 17.2. The summed E-state index contributed by atoms with van der Waals surface area (Å²) in [4.78, 5) is 34.9. The number of fused-ring (bicyclic) bond motifs is 1. The van der Waals surface area contributed by atoms with Gasteiger partial charge < -0.3 is 20.3 Å². The van der Waals surface area contributed by atoms with Crippen molar-refractivity contribution in [3.63, 3.8) is 0 Å². The van der Waals surface area contributed by atoms with Gasteiger partial charge in [-0.15, -0.1) is 0 Å². The molecule has 1 aromatic carbocycles. The third kappa shape index (κ3) is 5.43. The van der Waals surface area contributed by atoms with Crippen molar-refractivity contribution in [2.24, 2.45) is 7.05 Å². The number of anilines is 2. The SMILES string of the molecule is CC(=O)Nc1cc([C@@H](C)Nc2ncnc3c2cc(O[C@H]2CCN(C)C2)c(=O)n3C)cc(C(F)(F)F)c1. The molecule has 1 aliphatic heterocycles. The van der Waals surface area contributed by atoms with Crippen LogP contribution in [0, 0.1) is 0 Å². The van der Waals surface area contributed by atoms with E-state index in [9.17, 15) is 22.8 Å². The molecule has 2 aromatic heterocycles. The number of nitrogens with zero attached hydrogens (tertiary/aromatic N) is 4. The van der Waals surface area contributed by atoms with Gasteiger partial charge in [-0.1, -0.05) is 0 Å². The van der Waals surface area contributed by atoms with E-state index in [1.807, 2.05) is 7.05 Å². The number of alkyl halides is 3. The number of nitrogens with one attached hydrogen (secondary N) is 2. The lowest BCUT2D eigenvalue weighted by molar-refractivity contribution is -0.137. The van der Waals surface area contributed by atoms with Crippen molar-refractivity contribution in [1.82, 2.24) is 19.4 Å². The van der Waals surface area contributed by atoms with Crippen LogP contribution in [-0.4, -0.2) is 51.6 Å². The van der Waals surface area contributed by atoms with Gasteiger partial charge in [0.15, 0.2) is 5.75 Å². The summed E-state index contributed by atoms with van der Waals surface area (Å²) < 4.78 is 47.9. The number of pyridine rings is 1. The minimum Gasteiger partial charge on any atom is -0.483 e. The minimum atomic E-state index is -4.59. The van der Waals surface area contributed by atoms with Crippen molar-refractivity contribution >= 4 is 28.4 Å². The molecule has 0 aliphatic carbocycles. The highest BCUT2D eigenvalue weighted by Crippen LogP contribution is 2.34. The Hall–Kier alpha value is -3.67. The monoisotopic (exact) mass is 504 g/mol. The molecule has 0 unspecified atom stereocenters. The third-order valence-corrected chi connectivity index (χ3v) is 6.07. The van der Waals surface area contributed by atoms with Crippen LogP contribution < -0.4 is 20.9 Å². The van der Waals surface area contributed by atoms with Gasteiger partial charge in [-0.25, -0.2) is 9.97 Å². The number of aryl methyl sites for hydroxylation is 1. The predicted octanol–water partition coefficient (Wildman–Crippen LogP) is 3.56. The van der Waals surface area contributed by atoms with Gasteiger partial charge in [0, 0.05) is 38.8 Å². The molecule has 2 atom stereocenters. The van der Waals surface area contributed by atoms with Gasteiger partial charge in [0.25, 0.3) is 5.56 Å². The number of halogens is 3. The lowest BCUT2D eigenvalue weighted by Gasteiger charge is -2.20. The molecular formula is C24H27F3N6O3. The van der Waals surface area contributed by atoms with Gasteiger partial charge in [0.1, 0.15) is 23.9 Å². The second-order valence-corrected chi connectivity index (χ2v) is 9.01. The van der Waals surface area contributed by atoms with Crippen molar-refractivity contribution in [3.8, 4) is 5.75 Å². The van der Waals surface area contributed by atoms with Crippen LogP contribution in [0.1, 0.15) is 37.4 Å². The van der Waals surface area contributed by atoms with Gasteiger partial charge in [-0.05, 0) is 44.2 Å². The van der Waals surface area contributed by atoms with E-state index in [1.165, 1.54) is 23.9 Å². The molecular weight excluding hydrogens is 477 g/mol. The molecule has 1 aliphatic rings. The fourth-order valence-electron chi connectivity index (χ4n) is 4.24. The Morgan fingerprint density at radius 2 is 1.94 bits per heavy atom. The molecule has 192 valence electrons. The number of likely N-dealkylation sites (tertiary alicyclic amines) is 1. The fraction of sp³-hybridized carbons (Fsp3) is 0.417. The first-order chi connectivity index (χ1) is 16.9. The maximum absolute atomic E-state index is 13.5. The maximum atomic E-state index is 13.5. The van der Waals surface area contributed by atoms with Crippen molar-refractivity contribution in [3.05, 3.63) is 52.1 Å². The fourth-order valence-corrected chi connectivity index (χ4v) is 4.24. The van der Waals surface area contributed by atoms with Gasteiger partial charge in [0.05, 0.1) is 17.0 Å². The van der Waals surface area contributed by atoms with E-state index in [0.717, 1.165) is 25.1 Å². The number of aromatic nitrogens is 3. The van der Waals surface area contributed by atoms with E-state index >= 15 is 0 Å². The van der Waals surface area contributed by atoms with Crippen LogP contribution in [0.15, 0.2) is 35.4 Å². The highest BCUT2D eigenvalue weighted by Gasteiger charge is 2.32. The van der Waals surface area contributed by atoms with Gasteiger partial charge in [0.2, 0.25) is 5.91 Å². The van der Waals surface area contributed by atoms with Crippen molar-refractivity contribution in [2.45, 2.75) is 38.6 Å². The van der Waals surface area contributed by atoms with Crippen LogP contribution >= 0.6 is 0 Å². The summed E-state index contributed by atoms with van der Waals surface area (Å²) in [5, 5.41) is 6.03. The smallest absolute Gasteiger partial charge is 0.416 e. The average molecular weight is 505 g/mol. The molecule has 3 heterocycles.